The Morgan fingerprint density at radius 1 is 1.12 bits per heavy atom. The Bertz CT molecular complexity index is 645. The van der Waals surface area contributed by atoms with Gasteiger partial charge in [0.2, 0.25) is 11.8 Å². The second-order valence-electron chi connectivity index (χ2n) is 5.61. The van der Waals surface area contributed by atoms with Crippen molar-refractivity contribution in [3.8, 4) is 5.88 Å². The van der Waals surface area contributed by atoms with Crippen molar-refractivity contribution in [2.24, 2.45) is 0 Å². The van der Waals surface area contributed by atoms with Crippen molar-refractivity contribution >= 4 is 27.5 Å². The lowest BCUT2D eigenvalue weighted by Crippen LogP contribution is -2.11. The molecule has 0 aliphatic heterocycles. The van der Waals surface area contributed by atoms with Gasteiger partial charge in [-0.15, -0.1) is 0 Å². The predicted molar refractivity (Wildman–Crippen MR) is 102 cm³/mol. The summed E-state index contributed by atoms with van der Waals surface area (Å²) in [7, 11) is 1.62. The van der Waals surface area contributed by atoms with Crippen molar-refractivity contribution in [2.45, 2.75) is 25.7 Å². The first-order valence-corrected chi connectivity index (χ1v) is 9.09. The zero-order chi connectivity index (χ0) is 17.9. The summed E-state index contributed by atoms with van der Waals surface area (Å²) in [5.41, 5.74) is 1.97. The highest BCUT2D eigenvalue weighted by Gasteiger charge is 2.04. The first-order valence-electron chi connectivity index (χ1n) is 8.29. The van der Waals surface area contributed by atoms with E-state index in [1.165, 1.54) is 5.56 Å². The van der Waals surface area contributed by atoms with Crippen LogP contribution in [0.3, 0.4) is 0 Å². The van der Waals surface area contributed by atoms with Gasteiger partial charge in [-0.1, -0.05) is 28.1 Å². The fourth-order valence-corrected chi connectivity index (χ4v) is 2.52. The van der Waals surface area contributed by atoms with Gasteiger partial charge >= 0.3 is 0 Å². The highest BCUT2D eigenvalue weighted by molar-refractivity contribution is 9.10. The summed E-state index contributed by atoms with van der Waals surface area (Å²) in [4.78, 5) is 16.1. The number of nitrogens with zero attached hydrogens (tertiary/aromatic N) is 1. The van der Waals surface area contributed by atoms with Crippen molar-refractivity contribution in [1.82, 2.24) is 4.98 Å². The van der Waals surface area contributed by atoms with Gasteiger partial charge in [0.05, 0.1) is 18.5 Å². The van der Waals surface area contributed by atoms with Crippen LogP contribution in [0.4, 0.5) is 5.69 Å². The van der Waals surface area contributed by atoms with Crippen LogP contribution in [0.1, 0.15) is 24.8 Å². The quantitative estimate of drug-likeness (QED) is 0.599. The molecule has 1 aromatic heterocycles. The largest absolute Gasteiger partial charge is 0.475 e. The zero-order valence-corrected chi connectivity index (χ0v) is 15.9. The van der Waals surface area contributed by atoms with Crippen LogP contribution in [-0.4, -0.2) is 31.2 Å². The number of aryl methyl sites for hydroxylation is 1. The number of carbonyl (C=O) groups excluding carboxylic acids is 1. The Morgan fingerprint density at radius 3 is 2.60 bits per heavy atom. The molecule has 6 heteroatoms. The number of amides is 1. The van der Waals surface area contributed by atoms with Crippen molar-refractivity contribution in [3.63, 3.8) is 0 Å². The van der Waals surface area contributed by atoms with Gasteiger partial charge in [0.25, 0.3) is 0 Å². The summed E-state index contributed by atoms with van der Waals surface area (Å²) >= 11 is 3.43. The number of aromatic nitrogens is 1. The second-order valence-corrected chi connectivity index (χ2v) is 6.52. The van der Waals surface area contributed by atoms with Crippen LogP contribution < -0.4 is 10.1 Å². The summed E-state index contributed by atoms with van der Waals surface area (Å²) in [6, 6.07) is 11.8. The van der Waals surface area contributed by atoms with Crippen LogP contribution in [0, 0.1) is 0 Å². The molecular formula is C19H23BrN2O3. The fraction of sp³-hybridized carbons (Fsp3) is 0.368. The molecule has 0 atom stereocenters. The van der Waals surface area contributed by atoms with Crippen LogP contribution in [-0.2, 0) is 16.0 Å². The zero-order valence-electron chi connectivity index (χ0n) is 14.3. The van der Waals surface area contributed by atoms with Gasteiger partial charge in [0.1, 0.15) is 6.61 Å². The number of benzene rings is 1. The van der Waals surface area contributed by atoms with Crippen molar-refractivity contribution in [1.29, 1.82) is 0 Å². The number of hydrogen-bond donors (Lipinski definition) is 1. The van der Waals surface area contributed by atoms with E-state index in [2.05, 4.69) is 38.4 Å². The number of methoxy groups -OCH3 is 1. The summed E-state index contributed by atoms with van der Waals surface area (Å²) in [6.45, 7) is 0.966. The first kappa shape index (κ1) is 19.4. The van der Waals surface area contributed by atoms with Gasteiger partial charge in [0, 0.05) is 24.1 Å². The van der Waals surface area contributed by atoms with Crippen molar-refractivity contribution in [3.05, 3.63) is 52.6 Å². The van der Waals surface area contributed by atoms with E-state index < -0.39 is 0 Å². The molecule has 1 amide bonds. The fourth-order valence-electron chi connectivity index (χ4n) is 2.26. The molecule has 0 aliphatic rings. The number of nitrogens with one attached hydrogen (secondary N) is 1. The standard InChI is InChI=1S/C19H23BrN2O3/c1-24-12-13-25-19-11-10-17(14-21-19)22-18(23)5-3-2-4-15-6-8-16(20)9-7-15/h6-11,14H,2-5,12-13H2,1H3,(H,22,23). The van der Waals surface area contributed by atoms with Gasteiger partial charge in [-0.3, -0.25) is 4.79 Å². The maximum Gasteiger partial charge on any atom is 0.224 e. The minimum absolute atomic E-state index is 0.00524. The van der Waals surface area contributed by atoms with E-state index in [0.29, 0.717) is 31.2 Å². The van der Waals surface area contributed by atoms with Gasteiger partial charge in [-0.25, -0.2) is 4.98 Å². The first-order chi connectivity index (χ1) is 12.2. The number of carbonyl (C=O) groups is 1. The van der Waals surface area contributed by atoms with E-state index >= 15 is 0 Å². The Hall–Kier alpha value is -1.92. The Morgan fingerprint density at radius 2 is 1.92 bits per heavy atom. The molecular weight excluding hydrogens is 384 g/mol. The number of rotatable bonds is 10. The van der Waals surface area contributed by atoms with Gasteiger partial charge in [-0.05, 0) is 43.0 Å². The number of unbranched alkanes of at least 4 members (excludes halogenated alkanes) is 1. The Balaban J connectivity index is 1.65. The number of halogens is 1. The minimum atomic E-state index is 0.00524. The minimum Gasteiger partial charge on any atom is -0.475 e. The van der Waals surface area contributed by atoms with Crippen LogP contribution in [0.5, 0.6) is 5.88 Å². The molecule has 1 N–H and O–H groups in total. The summed E-state index contributed by atoms with van der Waals surface area (Å²) in [6.07, 6.45) is 4.92. The lowest BCUT2D eigenvalue weighted by Gasteiger charge is -2.07. The summed E-state index contributed by atoms with van der Waals surface area (Å²) in [5.74, 6) is 0.523. The van der Waals surface area contributed by atoms with E-state index in [4.69, 9.17) is 9.47 Å². The molecule has 0 bridgehead atoms. The molecule has 0 saturated carbocycles. The SMILES string of the molecule is COCCOc1ccc(NC(=O)CCCCc2ccc(Br)cc2)cn1. The van der Waals surface area contributed by atoms with Crippen molar-refractivity contribution in [2.75, 3.05) is 25.6 Å². The summed E-state index contributed by atoms with van der Waals surface area (Å²) < 4.78 is 11.4. The summed E-state index contributed by atoms with van der Waals surface area (Å²) in [5, 5.41) is 2.85. The maximum atomic E-state index is 12.0. The third-order valence-electron chi connectivity index (χ3n) is 3.59. The average molecular weight is 407 g/mol. The normalized spacial score (nSPS) is 10.5. The van der Waals surface area contributed by atoms with E-state index in [1.54, 1.807) is 25.4 Å². The Kier molecular flexibility index (Phi) is 8.42. The van der Waals surface area contributed by atoms with Crippen LogP contribution in [0.25, 0.3) is 0 Å². The lowest BCUT2D eigenvalue weighted by atomic mass is 10.1. The molecule has 5 nitrogen and oxygen atoms in total. The lowest BCUT2D eigenvalue weighted by molar-refractivity contribution is -0.116. The third kappa shape index (κ3) is 7.67. The van der Waals surface area contributed by atoms with Crippen LogP contribution >= 0.6 is 15.9 Å². The highest BCUT2D eigenvalue weighted by Crippen LogP contribution is 2.14. The van der Waals surface area contributed by atoms with Crippen LogP contribution in [0.15, 0.2) is 47.1 Å². The molecule has 134 valence electrons. The smallest absolute Gasteiger partial charge is 0.224 e. The molecule has 1 heterocycles. The molecule has 0 fully saturated rings. The molecule has 25 heavy (non-hydrogen) atoms. The number of pyridine rings is 1. The van der Waals surface area contributed by atoms with E-state index in [9.17, 15) is 4.79 Å². The third-order valence-corrected chi connectivity index (χ3v) is 4.12. The van der Waals surface area contributed by atoms with E-state index in [0.717, 1.165) is 23.7 Å². The molecule has 0 aliphatic carbocycles. The number of ether oxygens (including phenoxy) is 2. The molecule has 2 rings (SSSR count). The predicted octanol–water partition coefficient (Wildman–Crippen LogP) is 4.22. The van der Waals surface area contributed by atoms with Crippen molar-refractivity contribution < 1.29 is 14.3 Å². The van der Waals surface area contributed by atoms with Gasteiger partial charge in [0.15, 0.2) is 0 Å². The van der Waals surface area contributed by atoms with Gasteiger partial charge in [-0.2, -0.15) is 0 Å². The van der Waals surface area contributed by atoms with Gasteiger partial charge < -0.3 is 14.8 Å². The molecule has 2 aromatic rings. The molecule has 1 aromatic carbocycles. The molecule has 0 spiro atoms. The second kappa shape index (κ2) is 10.8. The van der Waals surface area contributed by atoms with E-state index in [-0.39, 0.29) is 5.91 Å². The van der Waals surface area contributed by atoms with Crippen LogP contribution in [0.2, 0.25) is 0 Å². The average Bonchev–Trinajstić information content (AvgIpc) is 2.62. The Labute approximate surface area is 156 Å². The number of anilines is 1. The topological polar surface area (TPSA) is 60.5 Å². The molecule has 0 unspecified atom stereocenters. The molecule has 0 radical (unpaired) electrons. The maximum absolute atomic E-state index is 12.0. The molecule has 0 saturated heterocycles. The van der Waals surface area contributed by atoms with E-state index in [1.807, 2.05) is 12.1 Å². The monoisotopic (exact) mass is 406 g/mol. The number of hydrogen-bond acceptors (Lipinski definition) is 4. The highest BCUT2D eigenvalue weighted by atomic mass is 79.9.